The number of benzene rings is 6. The van der Waals surface area contributed by atoms with Gasteiger partial charge < -0.3 is 9.73 Å². The molecule has 8 aromatic rings. The van der Waals surface area contributed by atoms with Gasteiger partial charge in [0.05, 0.1) is 0 Å². The van der Waals surface area contributed by atoms with E-state index >= 15 is 0 Å². The predicted octanol–water partition coefficient (Wildman–Crippen LogP) is 9.07. The average molecular weight is 553 g/mol. The van der Waals surface area contributed by atoms with Crippen molar-refractivity contribution in [1.82, 2.24) is 20.3 Å². The van der Waals surface area contributed by atoms with Crippen molar-refractivity contribution in [2.45, 2.75) is 6.04 Å². The summed E-state index contributed by atoms with van der Waals surface area (Å²) < 4.78 is 6.22. The molecule has 0 bridgehead atoms. The fourth-order valence-electron chi connectivity index (χ4n) is 6.43. The molecule has 1 atom stereocenters. The van der Waals surface area contributed by atoms with Gasteiger partial charge in [-0.3, -0.25) is 0 Å². The molecule has 43 heavy (non-hydrogen) atoms. The molecule has 1 N–H and O–H groups in total. The highest BCUT2D eigenvalue weighted by molar-refractivity contribution is 6.23. The van der Waals surface area contributed by atoms with E-state index in [2.05, 4.69) is 78.1 Å². The van der Waals surface area contributed by atoms with Gasteiger partial charge >= 0.3 is 0 Å². The molecule has 202 valence electrons. The van der Waals surface area contributed by atoms with Crippen LogP contribution in [0, 0.1) is 0 Å². The smallest absolute Gasteiger partial charge is 0.164 e. The molecule has 3 heterocycles. The summed E-state index contributed by atoms with van der Waals surface area (Å²) in [6.07, 6.45) is 3.88. The molecule has 0 radical (unpaired) electrons. The van der Waals surface area contributed by atoms with Crippen molar-refractivity contribution >= 4 is 49.4 Å². The summed E-state index contributed by atoms with van der Waals surface area (Å²) >= 11 is 0. The van der Waals surface area contributed by atoms with Gasteiger partial charge in [0, 0.05) is 28.3 Å². The number of hydrogen-bond acceptors (Lipinski definition) is 5. The zero-order valence-corrected chi connectivity index (χ0v) is 23.0. The van der Waals surface area contributed by atoms with Gasteiger partial charge in [-0.1, -0.05) is 109 Å². The molecule has 5 heteroatoms. The second kappa shape index (κ2) is 9.36. The molecular weight excluding hydrogens is 528 g/mol. The maximum Gasteiger partial charge on any atom is 0.164 e. The van der Waals surface area contributed by atoms with Gasteiger partial charge in [0.1, 0.15) is 17.4 Å². The standard InChI is InChI=1S/C38H24N4O/c1-2-11-24(12-3-1)36-40-37(42-38(41-36)35-34-29-16-8-9-17-31(29)43-32(34)20-21-39-35)30-22-25-13-5-7-15-27(25)33-26-14-6-4-10-23(26)18-19-28(30)33/h1-22,35,39H. The lowest BCUT2D eigenvalue weighted by molar-refractivity contribution is 0.574. The Balaban J connectivity index is 1.35. The molecular formula is C38H24N4O. The Labute approximate surface area is 247 Å². The van der Waals surface area contributed by atoms with E-state index in [1.54, 1.807) is 0 Å². The molecule has 6 aromatic carbocycles. The first kappa shape index (κ1) is 23.9. The first-order valence-electron chi connectivity index (χ1n) is 14.4. The van der Waals surface area contributed by atoms with Gasteiger partial charge in [0.25, 0.3) is 0 Å². The van der Waals surface area contributed by atoms with Crippen molar-refractivity contribution < 1.29 is 4.42 Å². The van der Waals surface area contributed by atoms with E-state index in [-0.39, 0.29) is 6.04 Å². The van der Waals surface area contributed by atoms with E-state index < -0.39 is 0 Å². The molecule has 5 nitrogen and oxygen atoms in total. The minimum atomic E-state index is -0.305. The van der Waals surface area contributed by atoms with Crippen LogP contribution in [0.1, 0.15) is 23.2 Å². The number of rotatable bonds is 3. The van der Waals surface area contributed by atoms with E-state index in [0.717, 1.165) is 44.2 Å². The van der Waals surface area contributed by atoms with Gasteiger partial charge in [0.15, 0.2) is 17.5 Å². The normalized spacial score (nSPS) is 14.4. The van der Waals surface area contributed by atoms with Gasteiger partial charge in [-0.15, -0.1) is 0 Å². The first-order valence-corrected chi connectivity index (χ1v) is 14.4. The van der Waals surface area contributed by atoms with Gasteiger partial charge in [-0.2, -0.15) is 0 Å². The lowest BCUT2D eigenvalue weighted by atomic mass is 9.92. The SMILES string of the molecule is C1=Cc2oc3ccccc3c2C(c2nc(-c3ccccc3)nc(-c3cc4ccccc4c4c3ccc3ccccc34)n2)N1. The average Bonchev–Trinajstić information content (AvgIpc) is 3.47. The van der Waals surface area contributed by atoms with Crippen molar-refractivity contribution in [3.05, 3.63) is 145 Å². The molecule has 1 aliphatic heterocycles. The van der Waals surface area contributed by atoms with Gasteiger partial charge in [0.2, 0.25) is 0 Å². The van der Waals surface area contributed by atoms with Crippen LogP contribution in [0.4, 0.5) is 0 Å². The van der Waals surface area contributed by atoms with Gasteiger partial charge in [-0.25, -0.2) is 15.0 Å². The van der Waals surface area contributed by atoms with E-state index in [9.17, 15) is 0 Å². The third-order valence-electron chi connectivity index (χ3n) is 8.38. The number of nitrogens with one attached hydrogen (secondary N) is 1. The van der Waals surface area contributed by atoms with Crippen molar-refractivity contribution in [2.24, 2.45) is 0 Å². The Kier molecular flexibility index (Phi) is 5.19. The minimum absolute atomic E-state index is 0.305. The predicted molar refractivity (Wildman–Crippen MR) is 173 cm³/mol. The number of fused-ring (bicyclic) bond motifs is 8. The Morgan fingerprint density at radius 2 is 1.28 bits per heavy atom. The maximum absolute atomic E-state index is 6.22. The van der Waals surface area contributed by atoms with Crippen molar-refractivity contribution in [2.75, 3.05) is 0 Å². The number of furan rings is 1. The van der Waals surface area contributed by atoms with Crippen LogP contribution in [0.25, 0.3) is 72.1 Å². The summed E-state index contributed by atoms with van der Waals surface area (Å²) in [6, 6.07) is 41.6. The zero-order chi connectivity index (χ0) is 28.3. The summed E-state index contributed by atoms with van der Waals surface area (Å²) in [6.45, 7) is 0. The molecule has 0 amide bonds. The fourth-order valence-corrected chi connectivity index (χ4v) is 6.43. The molecule has 9 rings (SSSR count). The molecule has 0 spiro atoms. The Morgan fingerprint density at radius 3 is 2.14 bits per heavy atom. The van der Waals surface area contributed by atoms with Gasteiger partial charge in [-0.05, 0) is 50.5 Å². The summed E-state index contributed by atoms with van der Waals surface area (Å²) in [5.74, 6) is 2.73. The van der Waals surface area contributed by atoms with E-state index in [0.29, 0.717) is 17.5 Å². The highest BCUT2D eigenvalue weighted by Crippen LogP contribution is 2.40. The van der Waals surface area contributed by atoms with E-state index in [4.69, 9.17) is 19.4 Å². The number of para-hydroxylation sites is 1. The summed E-state index contributed by atoms with van der Waals surface area (Å²) in [7, 11) is 0. The van der Waals surface area contributed by atoms with E-state index in [1.165, 1.54) is 21.5 Å². The van der Waals surface area contributed by atoms with E-state index in [1.807, 2.05) is 60.8 Å². The highest BCUT2D eigenvalue weighted by atomic mass is 16.3. The molecule has 0 fully saturated rings. The maximum atomic E-state index is 6.22. The molecule has 1 aliphatic rings. The van der Waals surface area contributed by atoms with Crippen molar-refractivity contribution in [1.29, 1.82) is 0 Å². The fraction of sp³-hybridized carbons (Fsp3) is 0.0263. The van der Waals surface area contributed by atoms with Crippen LogP contribution in [-0.2, 0) is 0 Å². The molecule has 0 saturated carbocycles. The number of nitrogens with zero attached hydrogens (tertiary/aromatic N) is 3. The highest BCUT2D eigenvalue weighted by Gasteiger charge is 2.29. The first-order chi connectivity index (χ1) is 21.3. The van der Waals surface area contributed by atoms with Crippen LogP contribution >= 0.6 is 0 Å². The Hall–Kier alpha value is -5.81. The van der Waals surface area contributed by atoms with Crippen molar-refractivity contribution in [3.63, 3.8) is 0 Å². The molecule has 0 aliphatic carbocycles. The third-order valence-corrected chi connectivity index (χ3v) is 8.38. The monoisotopic (exact) mass is 552 g/mol. The summed E-state index contributed by atoms with van der Waals surface area (Å²) in [5, 5.41) is 11.7. The third kappa shape index (κ3) is 3.75. The van der Waals surface area contributed by atoms with Crippen LogP contribution in [0.15, 0.2) is 132 Å². The van der Waals surface area contributed by atoms with Crippen molar-refractivity contribution in [3.8, 4) is 22.8 Å². The minimum Gasteiger partial charge on any atom is -0.456 e. The molecule has 0 saturated heterocycles. The Morgan fingerprint density at radius 1 is 0.581 bits per heavy atom. The second-order valence-corrected chi connectivity index (χ2v) is 10.9. The number of hydrogen-bond donors (Lipinski definition) is 1. The molecule has 2 aromatic heterocycles. The van der Waals surface area contributed by atoms with Crippen LogP contribution in [0.3, 0.4) is 0 Å². The summed E-state index contributed by atoms with van der Waals surface area (Å²) in [4.78, 5) is 15.4. The second-order valence-electron chi connectivity index (χ2n) is 10.9. The van der Waals surface area contributed by atoms with Crippen LogP contribution in [-0.4, -0.2) is 15.0 Å². The molecule has 1 unspecified atom stereocenters. The Bertz CT molecular complexity index is 2370. The van der Waals surface area contributed by atoms with Crippen LogP contribution < -0.4 is 5.32 Å². The topological polar surface area (TPSA) is 63.8 Å². The largest absolute Gasteiger partial charge is 0.456 e. The van der Waals surface area contributed by atoms with Crippen LogP contribution in [0.2, 0.25) is 0 Å². The lowest BCUT2D eigenvalue weighted by Crippen LogP contribution is -2.23. The quantitative estimate of drug-likeness (QED) is 0.222. The summed E-state index contributed by atoms with van der Waals surface area (Å²) in [5.41, 5.74) is 3.79. The lowest BCUT2D eigenvalue weighted by Gasteiger charge is -2.21. The zero-order valence-electron chi connectivity index (χ0n) is 23.0. The number of aromatic nitrogens is 3. The van der Waals surface area contributed by atoms with Crippen LogP contribution in [0.5, 0.6) is 0 Å².